The number of hydrogen-bond donors (Lipinski definition) is 0. The highest BCUT2D eigenvalue weighted by Crippen LogP contribution is 2.44. The second-order valence-corrected chi connectivity index (χ2v) is 10.9. The SMILES string of the molecule is C=C/C=C(\C=C)c1nc(C2=CC=CC(C)(c3c4ccccc4c(Br)c4ccccc34)C=C2)nc(-c2ccccc2)n1. The van der Waals surface area contributed by atoms with E-state index in [1.165, 1.54) is 27.1 Å². The highest BCUT2D eigenvalue weighted by atomic mass is 79.9. The standard InChI is InChI=1S/C37H28BrN3/c1-4-14-25(5-2)34-39-35(26-15-7-6-8-16-26)41-36(40-34)27-17-13-23-37(3,24-22-27)32-28-18-9-11-20-30(28)33(38)31-21-12-10-19-29(31)32/h4-24H,1-2H2,3H3/b25-14+. The molecule has 0 N–H and O–H groups in total. The van der Waals surface area contributed by atoms with Gasteiger partial charge in [-0.15, -0.1) is 0 Å². The van der Waals surface area contributed by atoms with Crippen LogP contribution in [0.25, 0.3) is 44.1 Å². The fraction of sp³-hybridized carbons (Fsp3) is 0.0541. The van der Waals surface area contributed by atoms with Crippen molar-refractivity contribution in [3.63, 3.8) is 0 Å². The summed E-state index contributed by atoms with van der Waals surface area (Å²) in [5, 5.41) is 4.83. The average Bonchev–Trinajstić information content (AvgIpc) is 3.22. The number of halogens is 1. The highest BCUT2D eigenvalue weighted by Gasteiger charge is 2.27. The zero-order valence-corrected chi connectivity index (χ0v) is 24.3. The van der Waals surface area contributed by atoms with Crippen LogP contribution in [0.2, 0.25) is 0 Å². The first-order valence-electron chi connectivity index (χ1n) is 13.5. The van der Waals surface area contributed by atoms with Gasteiger partial charge >= 0.3 is 0 Å². The molecule has 0 saturated carbocycles. The molecule has 5 aromatic rings. The molecule has 4 heteroatoms. The molecule has 0 bridgehead atoms. The molecule has 0 radical (unpaired) electrons. The Labute approximate surface area is 248 Å². The van der Waals surface area contributed by atoms with Crippen molar-refractivity contribution in [1.29, 1.82) is 0 Å². The minimum Gasteiger partial charge on any atom is -0.208 e. The zero-order valence-electron chi connectivity index (χ0n) is 22.8. The lowest BCUT2D eigenvalue weighted by Gasteiger charge is -2.27. The number of rotatable bonds is 6. The number of hydrogen-bond acceptors (Lipinski definition) is 3. The Morgan fingerprint density at radius 1 is 0.756 bits per heavy atom. The summed E-state index contributed by atoms with van der Waals surface area (Å²) in [4.78, 5) is 14.6. The molecule has 4 aromatic carbocycles. The van der Waals surface area contributed by atoms with Gasteiger partial charge in [-0.05, 0) is 50.0 Å². The lowest BCUT2D eigenvalue weighted by atomic mass is 9.77. The van der Waals surface area contributed by atoms with Crippen molar-refractivity contribution in [2.24, 2.45) is 0 Å². The van der Waals surface area contributed by atoms with Crippen LogP contribution in [0, 0.1) is 0 Å². The van der Waals surface area contributed by atoms with Gasteiger partial charge in [-0.1, -0.05) is 141 Å². The third-order valence-electron chi connectivity index (χ3n) is 7.43. The number of allylic oxidation sites excluding steroid dienone is 10. The fourth-order valence-corrected chi connectivity index (χ4v) is 6.10. The number of nitrogens with zero attached hydrogens (tertiary/aromatic N) is 3. The summed E-state index contributed by atoms with van der Waals surface area (Å²) in [5.41, 5.74) is 3.49. The van der Waals surface area contributed by atoms with E-state index >= 15 is 0 Å². The lowest BCUT2D eigenvalue weighted by Crippen LogP contribution is -2.17. The Hall–Kier alpha value is -4.67. The van der Waals surface area contributed by atoms with Gasteiger partial charge < -0.3 is 0 Å². The molecule has 1 aromatic heterocycles. The molecule has 198 valence electrons. The molecular formula is C37H28BrN3. The van der Waals surface area contributed by atoms with Crippen molar-refractivity contribution in [3.8, 4) is 11.4 Å². The predicted octanol–water partition coefficient (Wildman–Crippen LogP) is 9.83. The molecule has 1 aliphatic carbocycles. The van der Waals surface area contributed by atoms with Gasteiger partial charge in [-0.2, -0.15) is 0 Å². The molecule has 41 heavy (non-hydrogen) atoms. The van der Waals surface area contributed by atoms with Crippen LogP contribution < -0.4 is 0 Å². The molecule has 0 aliphatic heterocycles. The number of fused-ring (bicyclic) bond motifs is 2. The summed E-state index contributed by atoms with van der Waals surface area (Å²) in [6, 6.07) is 27.1. The molecule has 1 atom stereocenters. The van der Waals surface area contributed by atoms with Crippen LogP contribution in [0.4, 0.5) is 0 Å². The summed E-state index contributed by atoms with van der Waals surface area (Å²) in [6.45, 7) is 10.1. The van der Waals surface area contributed by atoms with E-state index in [0.717, 1.165) is 21.2 Å². The van der Waals surface area contributed by atoms with Crippen LogP contribution in [0.15, 0.2) is 145 Å². The second kappa shape index (κ2) is 11.1. The van der Waals surface area contributed by atoms with Gasteiger partial charge in [-0.3, -0.25) is 0 Å². The molecule has 1 aliphatic rings. The maximum atomic E-state index is 4.91. The fourth-order valence-electron chi connectivity index (χ4n) is 5.41. The molecule has 1 unspecified atom stereocenters. The summed E-state index contributed by atoms with van der Waals surface area (Å²) in [5.74, 6) is 1.76. The summed E-state index contributed by atoms with van der Waals surface area (Å²) in [7, 11) is 0. The summed E-state index contributed by atoms with van der Waals surface area (Å²) >= 11 is 3.89. The first-order chi connectivity index (χ1) is 20.0. The molecule has 0 saturated heterocycles. The zero-order chi connectivity index (χ0) is 28.4. The average molecular weight is 595 g/mol. The van der Waals surface area contributed by atoms with Crippen molar-refractivity contribution < 1.29 is 0 Å². The van der Waals surface area contributed by atoms with Gasteiger partial charge in [0.1, 0.15) is 0 Å². The van der Waals surface area contributed by atoms with E-state index in [2.05, 4.69) is 115 Å². The quantitative estimate of drug-likeness (QED) is 0.145. The van der Waals surface area contributed by atoms with Gasteiger partial charge in [0, 0.05) is 26.6 Å². The molecule has 3 nitrogen and oxygen atoms in total. The molecular weight excluding hydrogens is 566 g/mol. The van der Waals surface area contributed by atoms with E-state index in [-0.39, 0.29) is 5.41 Å². The smallest absolute Gasteiger partial charge is 0.164 e. The van der Waals surface area contributed by atoms with E-state index in [9.17, 15) is 0 Å². The van der Waals surface area contributed by atoms with Gasteiger partial charge in [0.05, 0.1) is 0 Å². The molecule has 0 spiro atoms. The van der Waals surface area contributed by atoms with E-state index in [1.54, 1.807) is 12.2 Å². The van der Waals surface area contributed by atoms with E-state index in [1.807, 2.05) is 36.4 Å². The first-order valence-corrected chi connectivity index (χ1v) is 14.3. The Balaban J connectivity index is 1.51. The Kier molecular flexibility index (Phi) is 7.17. The molecule has 1 heterocycles. The number of aromatic nitrogens is 3. The maximum absolute atomic E-state index is 4.91. The molecule has 0 fully saturated rings. The largest absolute Gasteiger partial charge is 0.208 e. The Bertz CT molecular complexity index is 1890. The summed E-state index contributed by atoms with van der Waals surface area (Å²) < 4.78 is 1.12. The van der Waals surface area contributed by atoms with Gasteiger partial charge in [0.25, 0.3) is 0 Å². The van der Waals surface area contributed by atoms with Crippen molar-refractivity contribution in [3.05, 3.63) is 162 Å². The van der Waals surface area contributed by atoms with E-state index < -0.39 is 0 Å². The predicted molar refractivity (Wildman–Crippen MR) is 176 cm³/mol. The van der Waals surface area contributed by atoms with Crippen LogP contribution in [0.3, 0.4) is 0 Å². The van der Waals surface area contributed by atoms with E-state index in [4.69, 9.17) is 15.0 Å². The minimum atomic E-state index is -0.384. The minimum absolute atomic E-state index is 0.384. The van der Waals surface area contributed by atoms with Crippen molar-refractivity contribution in [2.75, 3.05) is 0 Å². The van der Waals surface area contributed by atoms with Crippen molar-refractivity contribution in [1.82, 2.24) is 15.0 Å². The topological polar surface area (TPSA) is 38.7 Å². The lowest BCUT2D eigenvalue weighted by molar-refractivity contribution is 0.775. The van der Waals surface area contributed by atoms with Crippen LogP contribution in [0.1, 0.15) is 24.1 Å². The first kappa shape index (κ1) is 26.5. The third kappa shape index (κ3) is 4.92. The second-order valence-electron chi connectivity index (χ2n) is 10.1. The van der Waals surface area contributed by atoms with Crippen LogP contribution in [-0.2, 0) is 5.41 Å². The van der Waals surface area contributed by atoms with E-state index in [0.29, 0.717) is 17.5 Å². The van der Waals surface area contributed by atoms with Gasteiger partial charge in [-0.25, -0.2) is 15.0 Å². The number of benzene rings is 4. The normalized spacial score (nSPS) is 16.9. The van der Waals surface area contributed by atoms with Crippen LogP contribution >= 0.6 is 15.9 Å². The van der Waals surface area contributed by atoms with Crippen LogP contribution in [-0.4, -0.2) is 15.0 Å². The van der Waals surface area contributed by atoms with Gasteiger partial charge in [0.2, 0.25) is 0 Å². The van der Waals surface area contributed by atoms with Crippen LogP contribution in [0.5, 0.6) is 0 Å². The van der Waals surface area contributed by atoms with Crippen molar-refractivity contribution in [2.45, 2.75) is 12.3 Å². The van der Waals surface area contributed by atoms with Gasteiger partial charge in [0.15, 0.2) is 17.5 Å². The Morgan fingerprint density at radius 3 is 2.00 bits per heavy atom. The Morgan fingerprint density at radius 2 is 1.37 bits per heavy atom. The summed E-state index contributed by atoms with van der Waals surface area (Å²) in [6.07, 6.45) is 16.1. The maximum Gasteiger partial charge on any atom is 0.164 e. The van der Waals surface area contributed by atoms with Crippen molar-refractivity contribution >= 4 is 48.6 Å². The highest BCUT2D eigenvalue weighted by molar-refractivity contribution is 9.10. The third-order valence-corrected chi connectivity index (χ3v) is 8.29. The monoisotopic (exact) mass is 593 g/mol. The molecule has 6 rings (SSSR count). The molecule has 0 amide bonds.